The molecule has 0 aliphatic heterocycles. The first-order chi connectivity index (χ1) is 5.16. The Hall–Kier alpha value is -0.100. The second-order valence-electron chi connectivity index (χ2n) is 2.50. The molecule has 0 amide bonds. The van der Waals surface area contributed by atoms with E-state index >= 15 is 0 Å². The lowest BCUT2D eigenvalue weighted by atomic mass is 10.4. The van der Waals surface area contributed by atoms with Gasteiger partial charge in [-0.3, -0.25) is 4.68 Å². The van der Waals surface area contributed by atoms with Crippen molar-refractivity contribution in [1.29, 1.82) is 0 Å². The van der Waals surface area contributed by atoms with Crippen molar-refractivity contribution in [3.63, 3.8) is 0 Å². The van der Waals surface area contributed by atoms with Crippen molar-refractivity contribution in [3.8, 4) is 0 Å². The van der Waals surface area contributed by atoms with Crippen molar-refractivity contribution < 1.29 is 0 Å². The van der Waals surface area contributed by atoms with Crippen molar-refractivity contribution in [1.82, 2.24) is 15.1 Å². The van der Waals surface area contributed by atoms with Gasteiger partial charge >= 0.3 is 0 Å². The molecule has 0 aliphatic carbocycles. The summed E-state index contributed by atoms with van der Waals surface area (Å²) in [6, 6.07) is 0. The Kier molecular flexibility index (Phi) is 2.89. The molecule has 1 rings (SSSR count). The van der Waals surface area contributed by atoms with Gasteiger partial charge in [0, 0.05) is 19.3 Å². The Morgan fingerprint density at radius 3 is 2.64 bits per heavy atom. The zero-order chi connectivity index (χ0) is 8.43. The van der Waals surface area contributed by atoms with Crippen LogP contribution in [-0.2, 0) is 13.6 Å². The topological polar surface area (TPSA) is 29.9 Å². The Morgan fingerprint density at radius 2 is 2.27 bits per heavy atom. The van der Waals surface area contributed by atoms with E-state index in [-0.39, 0.29) is 0 Å². The highest BCUT2D eigenvalue weighted by Gasteiger charge is 2.07. The standard InChI is InChI=1S/C7H12IN3/c1-5-7(8)6(4-9-2)10-11(5)3/h9H,4H2,1-3H3. The highest BCUT2D eigenvalue weighted by atomic mass is 127. The number of nitrogens with one attached hydrogen (secondary N) is 1. The van der Waals surface area contributed by atoms with E-state index in [4.69, 9.17) is 0 Å². The van der Waals surface area contributed by atoms with Gasteiger partial charge in [-0.05, 0) is 36.6 Å². The number of rotatable bonds is 2. The highest BCUT2D eigenvalue weighted by molar-refractivity contribution is 14.1. The SMILES string of the molecule is CNCc1nn(C)c(C)c1I. The van der Waals surface area contributed by atoms with Gasteiger partial charge in [-0.25, -0.2) is 0 Å². The molecule has 11 heavy (non-hydrogen) atoms. The summed E-state index contributed by atoms with van der Waals surface area (Å²) in [7, 11) is 3.90. The Bertz CT molecular complexity index is 254. The van der Waals surface area contributed by atoms with Crippen LogP contribution in [0.5, 0.6) is 0 Å². The van der Waals surface area contributed by atoms with E-state index in [0.29, 0.717) is 0 Å². The maximum absolute atomic E-state index is 4.35. The van der Waals surface area contributed by atoms with Gasteiger partial charge in [0.1, 0.15) is 0 Å². The van der Waals surface area contributed by atoms with Crippen LogP contribution in [0.2, 0.25) is 0 Å². The van der Waals surface area contributed by atoms with Crippen molar-refractivity contribution in [2.24, 2.45) is 7.05 Å². The van der Waals surface area contributed by atoms with Crippen LogP contribution >= 0.6 is 22.6 Å². The molecule has 0 unspecified atom stereocenters. The largest absolute Gasteiger partial charge is 0.314 e. The van der Waals surface area contributed by atoms with Crippen LogP contribution in [0.4, 0.5) is 0 Å². The van der Waals surface area contributed by atoms with Gasteiger partial charge in [0.25, 0.3) is 0 Å². The van der Waals surface area contributed by atoms with Crippen LogP contribution < -0.4 is 5.32 Å². The van der Waals surface area contributed by atoms with Crippen molar-refractivity contribution in [2.75, 3.05) is 7.05 Å². The maximum atomic E-state index is 4.35. The predicted octanol–water partition coefficient (Wildman–Crippen LogP) is 1.05. The number of halogens is 1. The van der Waals surface area contributed by atoms with Crippen molar-refractivity contribution >= 4 is 22.6 Å². The zero-order valence-corrected chi connectivity index (χ0v) is 9.14. The van der Waals surface area contributed by atoms with Gasteiger partial charge in [0.2, 0.25) is 0 Å². The quantitative estimate of drug-likeness (QED) is 0.810. The van der Waals surface area contributed by atoms with Gasteiger partial charge in [-0.1, -0.05) is 0 Å². The minimum absolute atomic E-state index is 0.847. The van der Waals surface area contributed by atoms with E-state index < -0.39 is 0 Å². The normalized spacial score (nSPS) is 10.5. The van der Waals surface area contributed by atoms with Gasteiger partial charge in [0.15, 0.2) is 0 Å². The van der Waals surface area contributed by atoms with Crippen LogP contribution in [0.3, 0.4) is 0 Å². The summed E-state index contributed by atoms with van der Waals surface area (Å²) in [4.78, 5) is 0. The second kappa shape index (κ2) is 3.53. The Balaban J connectivity index is 2.98. The fourth-order valence-electron chi connectivity index (χ4n) is 0.931. The van der Waals surface area contributed by atoms with Gasteiger partial charge < -0.3 is 5.32 Å². The first kappa shape index (κ1) is 8.99. The molecule has 0 saturated heterocycles. The van der Waals surface area contributed by atoms with Crippen molar-refractivity contribution in [2.45, 2.75) is 13.5 Å². The molecule has 0 fully saturated rings. The molecule has 0 atom stereocenters. The highest BCUT2D eigenvalue weighted by Crippen LogP contribution is 2.14. The third kappa shape index (κ3) is 1.73. The number of nitrogens with zero attached hydrogens (tertiary/aromatic N) is 2. The lowest BCUT2D eigenvalue weighted by Crippen LogP contribution is -2.07. The van der Waals surface area contributed by atoms with E-state index in [1.165, 1.54) is 9.26 Å². The Labute approximate surface area is 80.3 Å². The lowest BCUT2D eigenvalue weighted by Gasteiger charge is -1.92. The molecular weight excluding hydrogens is 253 g/mol. The van der Waals surface area contributed by atoms with E-state index in [1.54, 1.807) is 0 Å². The molecule has 0 bridgehead atoms. The molecule has 0 aliphatic rings. The monoisotopic (exact) mass is 265 g/mol. The molecule has 0 saturated carbocycles. The van der Waals surface area contributed by atoms with Crippen LogP contribution in [0.15, 0.2) is 0 Å². The summed E-state index contributed by atoms with van der Waals surface area (Å²) in [5.41, 5.74) is 2.36. The molecular formula is C7H12IN3. The molecule has 3 nitrogen and oxygen atoms in total. The number of hydrogen-bond donors (Lipinski definition) is 1. The average molecular weight is 265 g/mol. The van der Waals surface area contributed by atoms with Crippen LogP contribution in [0, 0.1) is 10.5 Å². The van der Waals surface area contributed by atoms with E-state index in [1.807, 2.05) is 18.8 Å². The first-order valence-corrected chi connectivity index (χ1v) is 4.57. The van der Waals surface area contributed by atoms with E-state index in [9.17, 15) is 0 Å². The summed E-state index contributed by atoms with van der Waals surface area (Å²) in [6.45, 7) is 2.92. The molecule has 1 N–H and O–H groups in total. The minimum Gasteiger partial charge on any atom is -0.314 e. The van der Waals surface area contributed by atoms with Crippen molar-refractivity contribution in [3.05, 3.63) is 15.0 Å². The summed E-state index contributed by atoms with van der Waals surface area (Å²) in [5.74, 6) is 0. The van der Waals surface area contributed by atoms with E-state index in [0.717, 1.165) is 12.2 Å². The Morgan fingerprint density at radius 1 is 1.64 bits per heavy atom. The molecule has 0 radical (unpaired) electrons. The number of aryl methyl sites for hydroxylation is 1. The van der Waals surface area contributed by atoms with Crippen LogP contribution in [0.1, 0.15) is 11.4 Å². The summed E-state index contributed by atoms with van der Waals surface area (Å²) in [5, 5.41) is 7.43. The average Bonchev–Trinajstić information content (AvgIpc) is 2.19. The van der Waals surface area contributed by atoms with Gasteiger partial charge in [0.05, 0.1) is 9.26 Å². The van der Waals surface area contributed by atoms with Crippen LogP contribution in [0.25, 0.3) is 0 Å². The molecule has 0 aromatic carbocycles. The number of aromatic nitrogens is 2. The maximum Gasteiger partial charge on any atom is 0.0898 e. The predicted molar refractivity (Wildman–Crippen MR) is 53.4 cm³/mol. The van der Waals surface area contributed by atoms with Gasteiger partial charge in [-0.15, -0.1) is 0 Å². The zero-order valence-electron chi connectivity index (χ0n) is 6.98. The summed E-state index contributed by atoms with van der Waals surface area (Å²) < 4.78 is 3.17. The molecule has 4 heteroatoms. The molecule has 1 aromatic rings. The fraction of sp³-hybridized carbons (Fsp3) is 0.571. The lowest BCUT2D eigenvalue weighted by molar-refractivity contribution is 0.698. The van der Waals surface area contributed by atoms with E-state index in [2.05, 4.69) is 39.9 Å². The molecule has 0 spiro atoms. The smallest absolute Gasteiger partial charge is 0.0898 e. The fourth-order valence-corrected chi connectivity index (χ4v) is 1.58. The third-order valence-corrected chi connectivity index (χ3v) is 3.07. The second-order valence-corrected chi connectivity index (χ2v) is 3.58. The molecule has 1 heterocycles. The molecule has 62 valence electrons. The summed E-state index contributed by atoms with van der Waals surface area (Å²) in [6.07, 6.45) is 0. The third-order valence-electron chi connectivity index (χ3n) is 1.67. The summed E-state index contributed by atoms with van der Waals surface area (Å²) >= 11 is 2.33. The van der Waals surface area contributed by atoms with Gasteiger partial charge in [-0.2, -0.15) is 5.10 Å². The van der Waals surface area contributed by atoms with Crippen LogP contribution in [-0.4, -0.2) is 16.8 Å². The first-order valence-electron chi connectivity index (χ1n) is 3.49. The molecule has 1 aromatic heterocycles. The number of hydrogen-bond acceptors (Lipinski definition) is 2. The minimum atomic E-state index is 0.847.